The Balaban J connectivity index is 1.62. The first-order valence-corrected chi connectivity index (χ1v) is 7.45. The lowest BCUT2D eigenvalue weighted by atomic mass is 10.2. The molecular formula is C14H26N4O. The Bertz CT molecular complexity index is 358. The van der Waals surface area contributed by atoms with Gasteiger partial charge in [0, 0.05) is 12.7 Å². The number of aromatic nitrogens is 3. The van der Waals surface area contributed by atoms with Gasteiger partial charge in [-0.05, 0) is 25.3 Å². The highest BCUT2D eigenvalue weighted by molar-refractivity contribution is 4.91. The molecule has 5 heteroatoms. The van der Waals surface area contributed by atoms with Gasteiger partial charge >= 0.3 is 0 Å². The zero-order valence-corrected chi connectivity index (χ0v) is 12.1. The van der Waals surface area contributed by atoms with Crippen LogP contribution >= 0.6 is 0 Å². The topological polar surface area (TPSA) is 52.0 Å². The van der Waals surface area contributed by atoms with E-state index in [1.54, 1.807) is 0 Å². The molecule has 0 atom stereocenters. The lowest BCUT2D eigenvalue weighted by Gasteiger charge is -2.10. The van der Waals surface area contributed by atoms with Crippen LogP contribution in [0.4, 0.5) is 0 Å². The van der Waals surface area contributed by atoms with Crippen LogP contribution in [0.1, 0.15) is 45.2 Å². The Kier molecular flexibility index (Phi) is 5.79. The third kappa shape index (κ3) is 5.28. The fourth-order valence-corrected chi connectivity index (χ4v) is 2.39. The van der Waals surface area contributed by atoms with Gasteiger partial charge < -0.3 is 10.1 Å². The fourth-order valence-electron chi connectivity index (χ4n) is 2.39. The number of hydrogen-bond acceptors (Lipinski definition) is 4. The molecule has 1 heterocycles. The van der Waals surface area contributed by atoms with E-state index in [1.165, 1.54) is 25.7 Å². The minimum atomic E-state index is 0.482. The molecule has 0 bridgehead atoms. The van der Waals surface area contributed by atoms with Crippen molar-refractivity contribution in [3.05, 3.63) is 11.9 Å². The van der Waals surface area contributed by atoms with Crippen LogP contribution in [-0.2, 0) is 17.8 Å². The molecule has 1 aromatic rings. The summed E-state index contributed by atoms with van der Waals surface area (Å²) in [6.45, 7) is 7.74. The Labute approximate surface area is 115 Å². The van der Waals surface area contributed by atoms with Crippen molar-refractivity contribution in [2.45, 2.75) is 58.7 Å². The van der Waals surface area contributed by atoms with Gasteiger partial charge in [0.25, 0.3) is 0 Å². The van der Waals surface area contributed by atoms with Gasteiger partial charge in [0.15, 0.2) is 0 Å². The maximum absolute atomic E-state index is 5.82. The van der Waals surface area contributed by atoms with Gasteiger partial charge in [0.05, 0.1) is 24.9 Å². The molecule has 0 saturated heterocycles. The van der Waals surface area contributed by atoms with Crippen molar-refractivity contribution in [3.63, 3.8) is 0 Å². The standard InChI is InChI=1S/C14H26N4O/c1-12(2)9-15-10-13-11-18(17-16-13)7-8-19-14-5-3-4-6-14/h11-12,14-15H,3-10H2,1-2H3. The van der Waals surface area contributed by atoms with Crippen LogP contribution < -0.4 is 5.32 Å². The number of ether oxygens (including phenoxy) is 1. The molecule has 108 valence electrons. The maximum Gasteiger partial charge on any atom is 0.0964 e. The Morgan fingerprint density at radius 3 is 2.95 bits per heavy atom. The van der Waals surface area contributed by atoms with Gasteiger partial charge in [-0.1, -0.05) is 31.9 Å². The van der Waals surface area contributed by atoms with E-state index in [9.17, 15) is 0 Å². The predicted molar refractivity (Wildman–Crippen MR) is 74.8 cm³/mol. The first-order chi connectivity index (χ1) is 9.24. The highest BCUT2D eigenvalue weighted by Crippen LogP contribution is 2.20. The highest BCUT2D eigenvalue weighted by Gasteiger charge is 2.14. The van der Waals surface area contributed by atoms with Gasteiger partial charge in [-0.2, -0.15) is 0 Å². The minimum absolute atomic E-state index is 0.482. The molecule has 0 unspecified atom stereocenters. The van der Waals surface area contributed by atoms with Gasteiger partial charge in [-0.3, -0.25) is 0 Å². The van der Waals surface area contributed by atoms with E-state index in [4.69, 9.17) is 4.74 Å². The second-order valence-electron chi connectivity index (χ2n) is 5.77. The molecule has 1 aromatic heterocycles. The summed E-state index contributed by atoms with van der Waals surface area (Å²) in [5.74, 6) is 0.662. The summed E-state index contributed by atoms with van der Waals surface area (Å²) in [4.78, 5) is 0. The van der Waals surface area contributed by atoms with Crippen LogP contribution in [0.2, 0.25) is 0 Å². The van der Waals surface area contributed by atoms with E-state index in [0.29, 0.717) is 12.0 Å². The third-order valence-corrected chi connectivity index (χ3v) is 3.42. The zero-order chi connectivity index (χ0) is 13.5. The number of nitrogens with one attached hydrogen (secondary N) is 1. The summed E-state index contributed by atoms with van der Waals surface area (Å²) in [6.07, 6.45) is 7.57. The second-order valence-corrected chi connectivity index (χ2v) is 5.77. The fraction of sp³-hybridized carbons (Fsp3) is 0.857. The Hall–Kier alpha value is -0.940. The van der Waals surface area contributed by atoms with E-state index in [1.807, 2.05) is 10.9 Å². The molecule has 1 aliphatic carbocycles. The van der Waals surface area contributed by atoms with Crippen molar-refractivity contribution < 1.29 is 4.74 Å². The van der Waals surface area contributed by atoms with Crippen LogP contribution in [0.5, 0.6) is 0 Å². The molecule has 2 rings (SSSR count). The first-order valence-electron chi connectivity index (χ1n) is 7.45. The Morgan fingerprint density at radius 1 is 1.42 bits per heavy atom. The number of nitrogens with zero attached hydrogens (tertiary/aromatic N) is 3. The maximum atomic E-state index is 5.82. The summed E-state index contributed by atoms with van der Waals surface area (Å²) in [6, 6.07) is 0. The van der Waals surface area contributed by atoms with Crippen LogP contribution in [0.3, 0.4) is 0 Å². The SMILES string of the molecule is CC(C)CNCc1cn(CCOC2CCCC2)nn1. The molecule has 5 nitrogen and oxygen atoms in total. The summed E-state index contributed by atoms with van der Waals surface area (Å²) in [7, 11) is 0. The summed E-state index contributed by atoms with van der Waals surface area (Å²) < 4.78 is 7.70. The summed E-state index contributed by atoms with van der Waals surface area (Å²) in [5, 5.41) is 11.7. The van der Waals surface area contributed by atoms with E-state index >= 15 is 0 Å². The van der Waals surface area contributed by atoms with Crippen molar-refractivity contribution in [2.24, 2.45) is 5.92 Å². The third-order valence-electron chi connectivity index (χ3n) is 3.42. The van der Waals surface area contributed by atoms with Crippen molar-refractivity contribution in [1.82, 2.24) is 20.3 Å². The molecule has 0 aromatic carbocycles. The van der Waals surface area contributed by atoms with Gasteiger partial charge in [-0.15, -0.1) is 5.10 Å². The minimum Gasteiger partial charge on any atom is -0.376 e. The molecule has 19 heavy (non-hydrogen) atoms. The van der Waals surface area contributed by atoms with E-state index in [0.717, 1.165) is 31.9 Å². The van der Waals surface area contributed by atoms with Gasteiger partial charge in [-0.25, -0.2) is 4.68 Å². The Morgan fingerprint density at radius 2 is 2.21 bits per heavy atom. The molecule has 0 radical (unpaired) electrons. The average Bonchev–Trinajstić information content (AvgIpc) is 3.00. The molecule has 1 saturated carbocycles. The van der Waals surface area contributed by atoms with Gasteiger partial charge in [0.1, 0.15) is 0 Å². The lowest BCUT2D eigenvalue weighted by molar-refractivity contribution is 0.0512. The second kappa shape index (κ2) is 7.60. The van der Waals surface area contributed by atoms with Gasteiger partial charge in [0.2, 0.25) is 0 Å². The van der Waals surface area contributed by atoms with Crippen molar-refractivity contribution in [2.75, 3.05) is 13.2 Å². The lowest BCUT2D eigenvalue weighted by Crippen LogP contribution is -2.19. The molecular weight excluding hydrogens is 240 g/mol. The molecule has 1 N–H and O–H groups in total. The zero-order valence-electron chi connectivity index (χ0n) is 12.1. The highest BCUT2D eigenvalue weighted by atomic mass is 16.5. The van der Waals surface area contributed by atoms with Crippen LogP contribution in [-0.4, -0.2) is 34.2 Å². The van der Waals surface area contributed by atoms with Crippen molar-refractivity contribution >= 4 is 0 Å². The van der Waals surface area contributed by atoms with E-state index in [-0.39, 0.29) is 0 Å². The quantitative estimate of drug-likeness (QED) is 0.782. The van der Waals surface area contributed by atoms with Crippen molar-refractivity contribution in [1.29, 1.82) is 0 Å². The normalized spacial score (nSPS) is 16.6. The van der Waals surface area contributed by atoms with Crippen LogP contribution in [0, 0.1) is 5.92 Å². The number of rotatable bonds is 8. The van der Waals surface area contributed by atoms with Crippen molar-refractivity contribution in [3.8, 4) is 0 Å². The number of hydrogen-bond donors (Lipinski definition) is 1. The molecule has 0 amide bonds. The smallest absolute Gasteiger partial charge is 0.0964 e. The summed E-state index contributed by atoms with van der Waals surface area (Å²) in [5.41, 5.74) is 1.00. The molecule has 1 fully saturated rings. The van der Waals surface area contributed by atoms with Crippen LogP contribution in [0.25, 0.3) is 0 Å². The molecule has 1 aliphatic rings. The predicted octanol–water partition coefficient (Wildman–Crippen LogP) is 1.98. The molecule has 0 aliphatic heterocycles. The summed E-state index contributed by atoms with van der Waals surface area (Å²) >= 11 is 0. The average molecular weight is 266 g/mol. The van der Waals surface area contributed by atoms with Crippen LogP contribution in [0.15, 0.2) is 6.20 Å². The largest absolute Gasteiger partial charge is 0.376 e. The first kappa shape index (κ1) is 14.5. The van der Waals surface area contributed by atoms with E-state index in [2.05, 4.69) is 29.5 Å². The molecule has 0 spiro atoms. The monoisotopic (exact) mass is 266 g/mol. The van der Waals surface area contributed by atoms with E-state index < -0.39 is 0 Å².